The summed E-state index contributed by atoms with van der Waals surface area (Å²) in [5, 5.41) is 9.83. The van der Waals surface area contributed by atoms with Crippen LogP contribution >= 0.6 is 0 Å². The number of aryl methyl sites for hydroxylation is 2. The first-order chi connectivity index (χ1) is 19.5. The largest absolute Gasteiger partial charge is 0.494 e. The third-order valence-electron chi connectivity index (χ3n) is 6.69. The Hall–Kier alpha value is -3.18. The molecule has 0 spiro atoms. The first-order valence-electron chi connectivity index (χ1n) is 15.0. The highest BCUT2D eigenvalue weighted by atomic mass is 16.5. The topological polar surface area (TPSA) is 57.2 Å². The van der Waals surface area contributed by atoms with Crippen LogP contribution in [-0.2, 0) is 19.8 Å². The van der Waals surface area contributed by atoms with Crippen LogP contribution in [0.3, 0.4) is 0 Å². The molecule has 40 heavy (non-hydrogen) atoms. The van der Waals surface area contributed by atoms with Gasteiger partial charge in [-0.2, -0.15) is 0 Å². The van der Waals surface area contributed by atoms with Gasteiger partial charge in [-0.05, 0) is 90.9 Å². The second-order valence-electron chi connectivity index (χ2n) is 10.7. The summed E-state index contributed by atoms with van der Waals surface area (Å²) in [6, 6.07) is 18.0. The molecule has 5 nitrogen and oxygen atoms in total. The number of aliphatic hydroxyl groups excluding tert-OH is 1. The van der Waals surface area contributed by atoms with E-state index in [1.807, 2.05) is 30.3 Å². The van der Waals surface area contributed by atoms with E-state index in [0.717, 1.165) is 65.4 Å². The molecule has 0 bridgehead atoms. The molecule has 0 aliphatic rings. The van der Waals surface area contributed by atoms with Gasteiger partial charge in [0.1, 0.15) is 36.2 Å². The Balaban J connectivity index is 1.59. The molecular formula is C35H48O5. The van der Waals surface area contributed by atoms with Crippen LogP contribution < -0.4 is 18.9 Å². The first-order valence-corrected chi connectivity index (χ1v) is 15.0. The number of benzene rings is 3. The third kappa shape index (κ3) is 11.5. The maximum atomic E-state index is 9.83. The number of rotatable bonds is 19. The lowest BCUT2D eigenvalue weighted by atomic mass is 10.1. The van der Waals surface area contributed by atoms with E-state index < -0.39 is 0 Å². The molecule has 0 unspecified atom stereocenters. The SMILES string of the molecule is CCCCCCOc1cc(C)cc(COc2cc(CO)cc(OCc3cc(C)cc(OCCCCCC)c3)c2)c1. The highest BCUT2D eigenvalue weighted by molar-refractivity contribution is 5.40. The molecule has 218 valence electrons. The Labute approximate surface area is 241 Å². The number of aliphatic hydroxyl groups is 1. The molecule has 3 aromatic carbocycles. The van der Waals surface area contributed by atoms with Crippen LogP contribution in [0, 0.1) is 13.8 Å². The molecule has 0 amide bonds. The summed E-state index contributed by atoms with van der Waals surface area (Å²) >= 11 is 0. The maximum absolute atomic E-state index is 9.83. The number of ether oxygens (including phenoxy) is 4. The summed E-state index contributed by atoms with van der Waals surface area (Å²) in [4.78, 5) is 0. The second kappa shape index (κ2) is 17.5. The lowest BCUT2D eigenvalue weighted by Crippen LogP contribution is -2.02. The van der Waals surface area contributed by atoms with Gasteiger partial charge in [-0.15, -0.1) is 0 Å². The highest BCUT2D eigenvalue weighted by Gasteiger charge is 2.08. The molecule has 0 saturated carbocycles. The Bertz CT molecular complexity index is 1070. The minimum absolute atomic E-state index is 0.0888. The quantitative estimate of drug-likeness (QED) is 0.152. The van der Waals surface area contributed by atoms with Crippen molar-refractivity contribution in [2.45, 2.75) is 98.9 Å². The van der Waals surface area contributed by atoms with E-state index in [1.165, 1.54) is 38.5 Å². The Morgan fingerprint density at radius 1 is 0.475 bits per heavy atom. The minimum atomic E-state index is -0.0888. The fourth-order valence-electron chi connectivity index (χ4n) is 4.64. The molecule has 0 aliphatic heterocycles. The molecule has 0 aromatic heterocycles. The van der Waals surface area contributed by atoms with E-state index >= 15 is 0 Å². The summed E-state index contributed by atoms with van der Waals surface area (Å²) in [5.74, 6) is 3.08. The molecule has 0 aliphatic carbocycles. The lowest BCUT2D eigenvalue weighted by molar-refractivity contribution is 0.270. The molecule has 5 heteroatoms. The number of hydrogen-bond donors (Lipinski definition) is 1. The number of hydrogen-bond acceptors (Lipinski definition) is 5. The fourth-order valence-corrected chi connectivity index (χ4v) is 4.64. The molecule has 0 saturated heterocycles. The van der Waals surface area contributed by atoms with Gasteiger partial charge in [0.05, 0.1) is 19.8 Å². The zero-order valence-electron chi connectivity index (χ0n) is 25.0. The Morgan fingerprint density at radius 3 is 1.32 bits per heavy atom. The predicted molar refractivity (Wildman–Crippen MR) is 163 cm³/mol. The van der Waals surface area contributed by atoms with Crippen LogP contribution in [0.2, 0.25) is 0 Å². The zero-order chi connectivity index (χ0) is 28.6. The Morgan fingerprint density at radius 2 is 0.900 bits per heavy atom. The lowest BCUT2D eigenvalue weighted by Gasteiger charge is -2.14. The third-order valence-corrected chi connectivity index (χ3v) is 6.69. The molecule has 0 heterocycles. The predicted octanol–water partition coefficient (Wildman–Crippen LogP) is 8.87. The molecule has 0 fully saturated rings. The van der Waals surface area contributed by atoms with Crippen LogP contribution in [0.4, 0.5) is 0 Å². The van der Waals surface area contributed by atoms with E-state index in [1.54, 1.807) is 0 Å². The van der Waals surface area contributed by atoms with Gasteiger partial charge in [-0.25, -0.2) is 0 Å². The first kappa shape index (κ1) is 31.3. The normalized spacial score (nSPS) is 10.9. The standard InChI is InChI=1S/C35H48O5/c1-5-7-9-11-13-37-32-17-27(3)15-30(21-32)25-39-34-19-29(24-36)20-35(23-34)40-26-31-16-28(4)18-33(22-31)38-14-12-10-8-6-2/h15-23,36H,5-14,24-26H2,1-4H3. The van der Waals surface area contributed by atoms with Gasteiger partial charge in [-0.1, -0.05) is 64.5 Å². The fraction of sp³-hybridized carbons (Fsp3) is 0.486. The zero-order valence-corrected chi connectivity index (χ0v) is 25.0. The molecule has 3 aromatic rings. The average Bonchev–Trinajstić information content (AvgIpc) is 2.94. The summed E-state index contributed by atoms with van der Waals surface area (Å²) in [5.41, 5.74) is 5.11. The van der Waals surface area contributed by atoms with Gasteiger partial charge in [0.15, 0.2) is 0 Å². The monoisotopic (exact) mass is 548 g/mol. The van der Waals surface area contributed by atoms with Crippen molar-refractivity contribution in [3.05, 3.63) is 82.4 Å². The van der Waals surface area contributed by atoms with Gasteiger partial charge in [-0.3, -0.25) is 0 Å². The molecule has 0 radical (unpaired) electrons. The highest BCUT2D eigenvalue weighted by Crippen LogP contribution is 2.27. The Kier molecular flexibility index (Phi) is 13.7. The van der Waals surface area contributed by atoms with Crippen molar-refractivity contribution >= 4 is 0 Å². The van der Waals surface area contributed by atoms with Crippen LogP contribution in [0.15, 0.2) is 54.6 Å². The second-order valence-corrected chi connectivity index (χ2v) is 10.7. The van der Waals surface area contributed by atoms with Crippen molar-refractivity contribution in [1.29, 1.82) is 0 Å². The minimum Gasteiger partial charge on any atom is -0.494 e. The van der Waals surface area contributed by atoms with Crippen molar-refractivity contribution < 1.29 is 24.1 Å². The van der Waals surface area contributed by atoms with Crippen molar-refractivity contribution in [1.82, 2.24) is 0 Å². The van der Waals surface area contributed by atoms with Crippen molar-refractivity contribution in [2.75, 3.05) is 13.2 Å². The van der Waals surface area contributed by atoms with Crippen LogP contribution in [0.25, 0.3) is 0 Å². The van der Waals surface area contributed by atoms with Gasteiger partial charge in [0.2, 0.25) is 0 Å². The molecule has 1 N–H and O–H groups in total. The summed E-state index contributed by atoms with van der Waals surface area (Å²) < 4.78 is 24.3. The van der Waals surface area contributed by atoms with E-state index in [2.05, 4.69) is 52.0 Å². The van der Waals surface area contributed by atoms with Crippen molar-refractivity contribution in [2.24, 2.45) is 0 Å². The van der Waals surface area contributed by atoms with Gasteiger partial charge in [0.25, 0.3) is 0 Å². The van der Waals surface area contributed by atoms with E-state index in [-0.39, 0.29) is 6.61 Å². The number of unbranched alkanes of at least 4 members (excludes halogenated alkanes) is 6. The molecular weight excluding hydrogens is 500 g/mol. The van der Waals surface area contributed by atoms with Crippen molar-refractivity contribution in [3.8, 4) is 23.0 Å². The van der Waals surface area contributed by atoms with E-state index in [9.17, 15) is 5.11 Å². The average molecular weight is 549 g/mol. The molecule has 3 rings (SSSR count). The van der Waals surface area contributed by atoms with Gasteiger partial charge >= 0.3 is 0 Å². The summed E-state index contributed by atoms with van der Waals surface area (Å²) in [6.07, 6.45) is 9.46. The smallest absolute Gasteiger partial charge is 0.123 e. The van der Waals surface area contributed by atoms with Crippen LogP contribution in [0.5, 0.6) is 23.0 Å². The van der Waals surface area contributed by atoms with E-state index in [4.69, 9.17) is 18.9 Å². The van der Waals surface area contributed by atoms with Gasteiger partial charge < -0.3 is 24.1 Å². The van der Waals surface area contributed by atoms with Crippen molar-refractivity contribution in [3.63, 3.8) is 0 Å². The van der Waals surface area contributed by atoms with Gasteiger partial charge in [0, 0.05) is 6.07 Å². The maximum Gasteiger partial charge on any atom is 0.123 e. The summed E-state index contributed by atoms with van der Waals surface area (Å²) in [6.45, 7) is 10.7. The van der Waals surface area contributed by atoms with Crippen LogP contribution in [0.1, 0.15) is 93.0 Å². The van der Waals surface area contributed by atoms with Crippen LogP contribution in [-0.4, -0.2) is 18.3 Å². The molecule has 0 atom stereocenters. The summed E-state index contributed by atoms with van der Waals surface area (Å²) in [7, 11) is 0. The van der Waals surface area contributed by atoms with E-state index in [0.29, 0.717) is 24.7 Å².